The first-order chi connectivity index (χ1) is 18.9. The zero-order chi connectivity index (χ0) is 29.4. The highest BCUT2D eigenvalue weighted by Crippen LogP contribution is 2.27. The van der Waals surface area contributed by atoms with Gasteiger partial charge >= 0.3 is 0 Å². The molecular weight excluding hydrogens is 593 g/mol. The minimum Gasteiger partial charge on any atom is -0.354 e. The highest BCUT2D eigenvalue weighted by Gasteiger charge is 2.32. The van der Waals surface area contributed by atoms with E-state index in [1.54, 1.807) is 43.3 Å². The predicted octanol–water partition coefficient (Wildman–Crippen LogP) is 6.48. The molecule has 7 nitrogen and oxygen atoms in total. The first kappa shape index (κ1) is 31.7. The lowest BCUT2D eigenvalue weighted by atomic mass is 10.1. The number of hydrogen-bond acceptors (Lipinski definition) is 4. The second-order valence-corrected chi connectivity index (χ2v) is 12.5. The van der Waals surface area contributed by atoms with Crippen LogP contribution in [-0.2, 0) is 26.2 Å². The predicted molar refractivity (Wildman–Crippen MR) is 162 cm³/mol. The van der Waals surface area contributed by atoms with Crippen LogP contribution in [0.15, 0.2) is 71.6 Å². The van der Waals surface area contributed by atoms with Crippen LogP contribution in [-0.4, -0.2) is 44.3 Å². The highest BCUT2D eigenvalue weighted by molar-refractivity contribution is 7.92. The summed E-state index contributed by atoms with van der Waals surface area (Å²) in [7, 11) is -4.18. The van der Waals surface area contributed by atoms with Crippen LogP contribution in [0.2, 0.25) is 15.1 Å². The van der Waals surface area contributed by atoms with Gasteiger partial charge in [-0.15, -0.1) is 0 Å². The van der Waals surface area contributed by atoms with Crippen LogP contribution in [0.3, 0.4) is 0 Å². The number of sulfonamides is 1. The van der Waals surface area contributed by atoms with Crippen molar-refractivity contribution in [1.82, 2.24) is 10.2 Å². The Morgan fingerprint density at radius 3 is 2.25 bits per heavy atom. The molecule has 1 N–H and O–H groups in total. The third-order valence-corrected chi connectivity index (χ3v) is 8.95. The van der Waals surface area contributed by atoms with Gasteiger partial charge in [0.15, 0.2) is 0 Å². The number of unbranched alkanes of at least 4 members (excludes halogenated alkanes) is 1. The fourth-order valence-corrected chi connectivity index (χ4v) is 6.00. The Balaban J connectivity index is 2.02. The summed E-state index contributed by atoms with van der Waals surface area (Å²) >= 11 is 18.5. The maximum Gasteiger partial charge on any atom is 0.264 e. The second kappa shape index (κ2) is 14.2. The van der Waals surface area contributed by atoms with Crippen molar-refractivity contribution in [2.45, 2.75) is 51.1 Å². The van der Waals surface area contributed by atoms with Crippen molar-refractivity contribution < 1.29 is 18.0 Å². The molecule has 0 aliphatic heterocycles. The van der Waals surface area contributed by atoms with Crippen molar-refractivity contribution in [3.63, 3.8) is 0 Å². The average Bonchev–Trinajstić information content (AvgIpc) is 2.91. The molecule has 0 radical (unpaired) electrons. The number of anilines is 1. The van der Waals surface area contributed by atoms with Crippen molar-refractivity contribution in [2.75, 3.05) is 17.4 Å². The molecule has 0 heterocycles. The Morgan fingerprint density at radius 1 is 0.950 bits per heavy atom. The standard InChI is InChI=1S/C29H32Cl3N3O4S/c1-4-5-15-33-29(37)21(3)34(18-22-9-10-24(31)17-27(22)32)28(36)19-35(25-8-6-7-20(2)16-25)40(38,39)26-13-11-23(30)12-14-26/h6-14,16-17,21H,4-5,15,18-19H2,1-3H3,(H,33,37)/t21-/m1/s1. The van der Waals surface area contributed by atoms with E-state index >= 15 is 0 Å². The molecule has 1 atom stereocenters. The van der Waals surface area contributed by atoms with Crippen molar-refractivity contribution >= 4 is 62.3 Å². The van der Waals surface area contributed by atoms with Gasteiger partial charge < -0.3 is 10.2 Å². The van der Waals surface area contributed by atoms with Crippen molar-refractivity contribution in [3.05, 3.63) is 92.9 Å². The molecule has 40 heavy (non-hydrogen) atoms. The van der Waals surface area contributed by atoms with E-state index in [1.807, 2.05) is 19.9 Å². The van der Waals surface area contributed by atoms with Gasteiger partial charge in [-0.2, -0.15) is 0 Å². The van der Waals surface area contributed by atoms with Gasteiger partial charge in [0.2, 0.25) is 11.8 Å². The van der Waals surface area contributed by atoms with Gasteiger partial charge in [-0.25, -0.2) is 8.42 Å². The molecule has 2 amide bonds. The van der Waals surface area contributed by atoms with Crippen LogP contribution in [0.5, 0.6) is 0 Å². The van der Waals surface area contributed by atoms with Gasteiger partial charge in [-0.05, 0) is 79.9 Å². The lowest BCUT2D eigenvalue weighted by Crippen LogP contribution is -2.51. The number of halogens is 3. The van der Waals surface area contributed by atoms with Crippen LogP contribution < -0.4 is 9.62 Å². The van der Waals surface area contributed by atoms with E-state index in [-0.39, 0.29) is 17.3 Å². The van der Waals surface area contributed by atoms with Crippen LogP contribution in [0.1, 0.15) is 37.8 Å². The molecule has 11 heteroatoms. The molecule has 3 aromatic carbocycles. The van der Waals surface area contributed by atoms with Gasteiger partial charge in [-0.1, -0.05) is 66.3 Å². The van der Waals surface area contributed by atoms with Crippen LogP contribution in [0.25, 0.3) is 0 Å². The summed E-state index contributed by atoms with van der Waals surface area (Å²) in [5.41, 5.74) is 1.69. The summed E-state index contributed by atoms with van der Waals surface area (Å²) in [5, 5.41) is 3.99. The first-order valence-electron chi connectivity index (χ1n) is 12.8. The fraction of sp³-hybridized carbons (Fsp3) is 0.310. The van der Waals surface area contributed by atoms with E-state index in [4.69, 9.17) is 34.8 Å². The Labute approximate surface area is 251 Å². The maximum atomic E-state index is 14.0. The topological polar surface area (TPSA) is 86.8 Å². The van der Waals surface area contributed by atoms with Crippen LogP contribution in [0.4, 0.5) is 5.69 Å². The molecule has 214 valence electrons. The fourth-order valence-electron chi connectivity index (χ4n) is 4.00. The summed E-state index contributed by atoms with van der Waals surface area (Å²) in [4.78, 5) is 28.3. The Kier molecular flexibility index (Phi) is 11.3. The van der Waals surface area contributed by atoms with Crippen LogP contribution >= 0.6 is 34.8 Å². The minimum absolute atomic E-state index is 0.0242. The third kappa shape index (κ3) is 8.13. The summed E-state index contributed by atoms with van der Waals surface area (Å²) < 4.78 is 28.7. The smallest absolute Gasteiger partial charge is 0.264 e. The lowest BCUT2D eigenvalue weighted by molar-refractivity contribution is -0.139. The van der Waals surface area contributed by atoms with E-state index in [2.05, 4.69) is 5.32 Å². The summed E-state index contributed by atoms with van der Waals surface area (Å²) in [6, 6.07) is 16.5. The number of carbonyl (C=O) groups is 2. The van der Waals surface area contributed by atoms with Crippen molar-refractivity contribution in [2.24, 2.45) is 0 Å². The molecule has 0 fully saturated rings. The normalized spacial score (nSPS) is 12.1. The number of carbonyl (C=O) groups excluding carboxylic acids is 2. The Bertz CT molecular complexity index is 1450. The SMILES string of the molecule is CCCCNC(=O)[C@@H](C)N(Cc1ccc(Cl)cc1Cl)C(=O)CN(c1cccc(C)c1)S(=O)(=O)c1ccc(Cl)cc1. The molecule has 3 rings (SSSR count). The van der Waals surface area contributed by atoms with E-state index in [9.17, 15) is 18.0 Å². The quantitative estimate of drug-likeness (QED) is 0.234. The monoisotopic (exact) mass is 623 g/mol. The summed E-state index contributed by atoms with van der Waals surface area (Å²) in [5.74, 6) is -0.933. The second-order valence-electron chi connectivity index (χ2n) is 9.38. The van der Waals surface area contributed by atoms with Gasteiger partial charge in [0, 0.05) is 28.2 Å². The molecule has 0 aliphatic rings. The van der Waals surface area contributed by atoms with E-state index in [0.29, 0.717) is 32.9 Å². The molecule has 0 saturated heterocycles. The number of rotatable bonds is 12. The molecular formula is C29H32Cl3N3O4S. The van der Waals surface area contributed by atoms with E-state index in [1.165, 1.54) is 29.2 Å². The van der Waals surface area contributed by atoms with E-state index in [0.717, 1.165) is 22.7 Å². The minimum atomic E-state index is -4.18. The summed E-state index contributed by atoms with van der Waals surface area (Å²) in [6.45, 7) is 5.33. The number of hydrogen-bond donors (Lipinski definition) is 1. The van der Waals surface area contributed by atoms with Gasteiger partial charge in [-0.3, -0.25) is 13.9 Å². The zero-order valence-electron chi connectivity index (χ0n) is 22.5. The van der Waals surface area contributed by atoms with Crippen LogP contribution in [0, 0.1) is 6.92 Å². The number of benzene rings is 3. The first-order valence-corrected chi connectivity index (χ1v) is 15.4. The third-order valence-electron chi connectivity index (χ3n) is 6.32. The highest BCUT2D eigenvalue weighted by atomic mass is 35.5. The number of amides is 2. The molecule has 0 bridgehead atoms. The molecule has 0 unspecified atom stereocenters. The number of nitrogens with one attached hydrogen (secondary N) is 1. The molecule has 0 saturated carbocycles. The van der Waals surface area contributed by atoms with Gasteiger partial charge in [0.1, 0.15) is 12.6 Å². The Hall–Kier alpha value is -2.78. The Morgan fingerprint density at radius 2 is 1.62 bits per heavy atom. The van der Waals surface area contributed by atoms with Gasteiger partial charge in [0.05, 0.1) is 10.6 Å². The maximum absolute atomic E-state index is 14.0. The zero-order valence-corrected chi connectivity index (χ0v) is 25.6. The molecule has 0 spiro atoms. The van der Waals surface area contributed by atoms with E-state index < -0.39 is 28.5 Å². The number of aryl methyl sites for hydroxylation is 1. The van der Waals surface area contributed by atoms with Crippen molar-refractivity contribution in [3.8, 4) is 0 Å². The molecule has 3 aromatic rings. The molecule has 0 aromatic heterocycles. The largest absolute Gasteiger partial charge is 0.354 e. The van der Waals surface area contributed by atoms with Crippen molar-refractivity contribution in [1.29, 1.82) is 0 Å². The molecule has 0 aliphatic carbocycles. The lowest BCUT2D eigenvalue weighted by Gasteiger charge is -2.32. The van der Waals surface area contributed by atoms with Gasteiger partial charge in [0.25, 0.3) is 10.0 Å². The number of nitrogens with zero attached hydrogens (tertiary/aromatic N) is 2. The summed E-state index contributed by atoms with van der Waals surface area (Å²) in [6.07, 6.45) is 1.68. The average molecular weight is 625 g/mol.